The second-order valence-electron chi connectivity index (χ2n) is 2.70. The minimum absolute atomic E-state index is 0.264. The van der Waals surface area contributed by atoms with Gasteiger partial charge in [-0.25, -0.2) is 4.79 Å². The third kappa shape index (κ3) is 1.84. The molecule has 0 saturated heterocycles. The molecule has 5 nitrogen and oxygen atoms in total. The van der Waals surface area contributed by atoms with Crippen molar-refractivity contribution in [3.05, 3.63) is 23.1 Å². The predicted molar refractivity (Wildman–Crippen MR) is 53.3 cm³/mol. The molecule has 0 fully saturated rings. The van der Waals surface area contributed by atoms with E-state index in [0.29, 0.717) is 16.5 Å². The van der Waals surface area contributed by atoms with Crippen molar-refractivity contribution in [1.29, 1.82) is 0 Å². The topological polar surface area (TPSA) is 72.6 Å². The van der Waals surface area contributed by atoms with E-state index < -0.39 is 5.97 Å². The Labute approximate surface area is 88.9 Å². The van der Waals surface area contributed by atoms with Gasteiger partial charge in [0.25, 0.3) is 5.88 Å². The summed E-state index contributed by atoms with van der Waals surface area (Å²) in [5, 5.41) is 12.4. The lowest BCUT2D eigenvalue weighted by Crippen LogP contribution is -1.89. The number of carboxylic acid groups (broad SMARTS) is 1. The molecule has 6 heteroatoms. The molecule has 0 radical (unpaired) electrons. The molecule has 0 aliphatic rings. The second-order valence-corrected chi connectivity index (χ2v) is 3.79. The number of nitrogens with zero attached hydrogens (tertiary/aromatic N) is 1. The predicted octanol–water partition coefficient (Wildman–Crippen LogP) is 2.11. The second kappa shape index (κ2) is 3.74. The van der Waals surface area contributed by atoms with E-state index in [0.717, 1.165) is 11.3 Å². The van der Waals surface area contributed by atoms with Crippen molar-refractivity contribution in [1.82, 2.24) is 5.16 Å². The molecule has 0 spiro atoms. The first kappa shape index (κ1) is 9.72. The van der Waals surface area contributed by atoms with Crippen LogP contribution in [0.15, 0.2) is 22.7 Å². The Morgan fingerprint density at radius 3 is 2.93 bits per heavy atom. The molecule has 1 N–H and O–H groups in total. The molecule has 2 aromatic rings. The standard InChI is InChI=1S/C9H7NO4S/c1-13-8-4-5(14-10-8)6-2-3-7(15-6)9(11)12/h2-4H,1H3,(H,11,12). The Kier molecular flexibility index (Phi) is 2.42. The third-order valence-electron chi connectivity index (χ3n) is 1.76. The van der Waals surface area contributed by atoms with Crippen molar-refractivity contribution < 1.29 is 19.2 Å². The van der Waals surface area contributed by atoms with E-state index in [1.165, 1.54) is 13.2 Å². The average molecular weight is 225 g/mol. The SMILES string of the molecule is COc1cc(-c2ccc(C(=O)O)s2)on1. The Morgan fingerprint density at radius 1 is 1.60 bits per heavy atom. The summed E-state index contributed by atoms with van der Waals surface area (Å²) in [7, 11) is 1.48. The molecule has 2 rings (SSSR count). The molecule has 15 heavy (non-hydrogen) atoms. The van der Waals surface area contributed by atoms with E-state index in [1.807, 2.05) is 0 Å². The molecule has 0 unspecified atom stereocenters. The highest BCUT2D eigenvalue weighted by Crippen LogP contribution is 2.30. The van der Waals surface area contributed by atoms with Gasteiger partial charge in [0.2, 0.25) is 0 Å². The Bertz CT molecular complexity index is 488. The minimum Gasteiger partial charge on any atom is -0.479 e. The molecule has 0 aliphatic heterocycles. The molecule has 0 saturated carbocycles. The van der Waals surface area contributed by atoms with Gasteiger partial charge in [0.1, 0.15) is 4.88 Å². The number of aromatic nitrogens is 1. The van der Waals surface area contributed by atoms with Crippen LogP contribution in [0.2, 0.25) is 0 Å². The van der Waals surface area contributed by atoms with Crippen molar-refractivity contribution >= 4 is 17.3 Å². The molecular formula is C9H7NO4S. The van der Waals surface area contributed by atoms with Crippen LogP contribution in [-0.4, -0.2) is 23.3 Å². The van der Waals surface area contributed by atoms with Crippen LogP contribution in [0, 0.1) is 0 Å². The monoisotopic (exact) mass is 225 g/mol. The summed E-state index contributed by atoms with van der Waals surface area (Å²) in [5.41, 5.74) is 0. The van der Waals surface area contributed by atoms with Gasteiger partial charge in [-0.1, -0.05) is 0 Å². The van der Waals surface area contributed by atoms with Crippen LogP contribution in [-0.2, 0) is 0 Å². The maximum atomic E-state index is 10.6. The third-order valence-corrected chi connectivity index (χ3v) is 2.85. The fraction of sp³-hybridized carbons (Fsp3) is 0.111. The smallest absolute Gasteiger partial charge is 0.345 e. The van der Waals surface area contributed by atoms with Gasteiger partial charge in [-0.2, -0.15) is 0 Å². The summed E-state index contributed by atoms with van der Waals surface area (Å²) in [6.45, 7) is 0. The van der Waals surface area contributed by atoms with Crippen molar-refractivity contribution in [2.45, 2.75) is 0 Å². The van der Waals surface area contributed by atoms with Gasteiger partial charge >= 0.3 is 5.97 Å². The van der Waals surface area contributed by atoms with Gasteiger partial charge in [0, 0.05) is 0 Å². The highest BCUT2D eigenvalue weighted by atomic mass is 32.1. The normalized spacial score (nSPS) is 10.2. The Balaban J connectivity index is 2.32. The zero-order valence-corrected chi connectivity index (χ0v) is 8.58. The maximum Gasteiger partial charge on any atom is 0.345 e. The van der Waals surface area contributed by atoms with Gasteiger partial charge in [0.15, 0.2) is 5.76 Å². The van der Waals surface area contributed by atoms with Crippen LogP contribution >= 0.6 is 11.3 Å². The van der Waals surface area contributed by atoms with Gasteiger partial charge in [-0.05, 0) is 17.3 Å². The first-order valence-corrected chi connectivity index (χ1v) is 4.86. The van der Waals surface area contributed by atoms with Crippen molar-refractivity contribution in [3.8, 4) is 16.5 Å². The summed E-state index contributed by atoms with van der Waals surface area (Å²) in [6, 6.07) is 4.81. The number of hydrogen-bond donors (Lipinski definition) is 1. The molecule has 2 aromatic heterocycles. The molecule has 0 atom stereocenters. The van der Waals surface area contributed by atoms with Crippen molar-refractivity contribution in [2.24, 2.45) is 0 Å². The fourth-order valence-electron chi connectivity index (χ4n) is 1.06. The number of ether oxygens (including phenoxy) is 1. The number of carbonyl (C=O) groups is 1. The van der Waals surface area contributed by atoms with Crippen LogP contribution < -0.4 is 4.74 Å². The summed E-state index contributed by atoms with van der Waals surface area (Å²) in [5.74, 6) is -0.0719. The van der Waals surface area contributed by atoms with E-state index in [2.05, 4.69) is 5.16 Å². The van der Waals surface area contributed by atoms with Gasteiger partial charge in [-0.3, -0.25) is 0 Å². The first-order valence-electron chi connectivity index (χ1n) is 4.05. The van der Waals surface area contributed by atoms with Crippen LogP contribution in [0.3, 0.4) is 0 Å². The van der Waals surface area contributed by atoms with Gasteiger partial charge in [-0.15, -0.1) is 11.3 Å². The van der Waals surface area contributed by atoms with E-state index in [9.17, 15) is 4.79 Å². The summed E-state index contributed by atoms with van der Waals surface area (Å²) >= 11 is 1.13. The Morgan fingerprint density at radius 2 is 2.40 bits per heavy atom. The number of methoxy groups -OCH3 is 1. The minimum atomic E-state index is -0.947. The molecule has 0 bridgehead atoms. The lowest BCUT2D eigenvalue weighted by molar-refractivity contribution is 0.0702. The molecule has 2 heterocycles. The van der Waals surface area contributed by atoms with E-state index in [4.69, 9.17) is 14.4 Å². The van der Waals surface area contributed by atoms with E-state index in [1.54, 1.807) is 12.1 Å². The van der Waals surface area contributed by atoms with Crippen LogP contribution in [0.5, 0.6) is 5.88 Å². The quantitative estimate of drug-likeness (QED) is 0.866. The Hall–Kier alpha value is -1.82. The highest BCUT2D eigenvalue weighted by molar-refractivity contribution is 7.17. The molecule has 0 aromatic carbocycles. The first-order chi connectivity index (χ1) is 7.20. The lowest BCUT2D eigenvalue weighted by Gasteiger charge is -1.86. The average Bonchev–Trinajstić information content (AvgIpc) is 2.86. The lowest BCUT2D eigenvalue weighted by atomic mass is 10.3. The van der Waals surface area contributed by atoms with Gasteiger partial charge < -0.3 is 14.4 Å². The number of rotatable bonds is 3. The molecular weight excluding hydrogens is 218 g/mol. The molecule has 78 valence electrons. The molecule has 0 amide bonds. The zero-order chi connectivity index (χ0) is 10.8. The van der Waals surface area contributed by atoms with E-state index >= 15 is 0 Å². The fourth-order valence-corrected chi connectivity index (χ4v) is 1.85. The van der Waals surface area contributed by atoms with Crippen molar-refractivity contribution in [3.63, 3.8) is 0 Å². The maximum absolute atomic E-state index is 10.6. The summed E-state index contributed by atoms with van der Waals surface area (Å²) in [6.07, 6.45) is 0. The number of aromatic carboxylic acids is 1. The zero-order valence-electron chi connectivity index (χ0n) is 7.76. The van der Waals surface area contributed by atoms with Gasteiger partial charge in [0.05, 0.1) is 18.1 Å². The highest BCUT2D eigenvalue weighted by Gasteiger charge is 2.12. The summed E-state index contributed by atoms with van der Waals surface area (Å²) < 4.78 is 9.83. The van der Waals surface area contributed by atoms with Crippen molar-refractivity contribution in [2.75, 3.05) is 7.11 Å². The largest absolute Gasteiger partial charge is 0.479 e. The van der Waals surface area contributed by atoms with Crippen LogP contribution in [0.4, 0.5) is 0 Å². The number of hydrogen-bond acceptors (Lipinski definition) is 5. The summed E-state index contributed by atoms with van der Waals surface area (Å²) in [4.78, 5) is 11.6. The van der Waals surface area contributed by atoms with Crippen LogP contribution in [0.25, 0.3) is 10.6 Å². The van der Waals surface area contributed by atoms with Crippen LogP contribution in [0.1, 0.15) is 9.67 Å². The number of thiophene rings is 1. The molecule has 0 aliphatic carbocycles. The number of carboxylic acids is 1. The van der Waals surface area contributed by atoms with E-state index in [-0.39, 0.29) is 4.88 Å².